The molecule has 0 N–H and O–H groups in total. The first kappa shape index (κ1) is 12.9. The number of ether oxygens (including phenoxy) is 2. The molecule has 0 aromatic rings. The summed E-state index contributed by atoms with van der Waals surface area (Å²) in [5, 5.41) is 1.12. The normalized spacial score (nSPS) is 31.9. The van der Waals surface area contributed by atoms with Gasteiger partial charge in [0.2, 0.25) is 0 Å². The number of fused-ring (bicyclic) bond motifs is 1. The molecule has 5 heteroatoms. The molecule has 0 aromatic heterocycles. The van der Waals surface area contributed by atoms with E-state index in [1.165, 1.54) is 6.92 Å². The van der Waals surface area contributed by atoms with Crippen molar-refractivity contribution in [2.24, 2.45) is 4.99 Å². The molecule has 2 aliphatic rings. The molecule has 0 bridgehead atoms. The van der Waals surface area contributed by atoms with Gasteiger partial charge in [-0.15, -0.1) is 0 Å². The van der Waals surface area contributed by atoms with Crippen molar-refractivity contribution in [2.45, 2.75) is 44.3 Å². The van der Waals surface area contributed by atoms with Gasteiger partial charge in [-0.1, -0.05) is 25.1 Å². The Labute approximate surface area is 106 Å². The highest BCUT2D eigenvalue weighted by molar-refractivity contribution is 8.14. The van der Waals surface area contributed by atoms with E-state index in [0.29, 0.717) is 0 Å². The van der Waals surface area contributed by atoms with Crippen molar-refractivity contribution >= 4 is 22.8 Å². The SMILES string of the molecule is CCCC1=N[C@@H]2[C][C][C@H](COC(C)=O)O[C@@H]2S1. The largest absolute Gasteiger partial charge is 0.463 e. The van der Waals surface area contributed by atoms with Crippen LogP contribution in [0, 0.1) is 12.8 Å². The molecule has 4 radical (unpaired) electrons. The highest BCUT2D eigenvalue weighted by Gasteiger charge is 2.37. The molecular weight excluding hydrogens is 238 g/mol. The van der Waals surface area contributed by atoms with Crippen molar-refractivity contribution in [3.05, 3.63) is 12.8 Å². The van der Waals surface area contributed by atoms with Crippen molar-refractivity contribution < 1.29 is 14.3 Å². The van der Waals surface area contributed by atoms with Gasteiger partial charge in [0, 0.05) is 19.8 Å². The van der Waals surface area contributed by atoms with Crippen LogP contribution in [0.5, 0.6) is 0 Å². The van der Waals surface area contributed by atoms with Gasteiger partial charge in [0.15, 0.2) is 0 Å². The fourth-order valence-electron chi connectivity index (χ4n) is 1.63. The quantitative estimate of drug-likeness (QED) is 0.716. The summed E-state index contributed by atoms with van der Waals surface area (Å²) in [6, 6.07) is -0.0462. The monoisotopic (exact) mass is 253 g/mol. The van der Waals surface area contributed by atoms with E-state index in [-0.39, 0.29) is 30.2 Å². The van der Waals surface area contributed by atoms with Gasteiger partial charge in [0.25, 0.3) is 0 Å². The van der Waals surface area contributed by atoms with Crippen molar-refractivity contribution in [2.75, 3.05) is 6.61 Å². The number of aliphatic imine (C=N–C) groups is 1. The molecule has 0 aliphatic carbocycles. The van der Waals surface area contributed by atoms with Crippen molar-refractivity contribution in [3.63, 3.8) is 0 Å². The van der Waals surface area contributed by atoms with Gasteiger partial charge in [0.1, 0.15) is 18.1 Å². The van der Waals surface area contributed by atoms with Gasteiger partial charge >= 0.3 is 5.97 Å². The number of nitrogens with zero attached hydrogens (tertiary/aromatic N) is 1. The Bertz CT molecular complexity index is 319. The van der Waals surface area contributed by atoms with E-state index in [9.17, 15) is 4.79 Å². The lowest BCUT2D eigenvalue weighted by Gasteiger charge is -2.29. The van der Waals surface area contributed by atoms with Crippen LogP contribution in [0.2, 0.25) is 0 Å². The van der Waals surface area contributed by atoms with Crippen LogP contribution in [0.1, 0.15) is 26.7 Å². The van der Waals surface area contributed by atoms with E-state index in [4.69, 9.17) is 9.47 Å². The summed E-state index contributed by atoms with van der Waals surface area (Å²) in [6.07, 6.45) is 7.75. The van der Waals surface area contributed by atoms with Crippen LogP contribution in [0.15, 0.2) is 4.99 Å². The predicted molar refractivity (Wildman–Crippen MR) is 65.5 cm³/mol. The van der Waals surface area contributed by atoms with Crippen LogP contribution < -0.4 is 0 Å². The molecule has 17 heavy (non-hydrogen) atoms. The predicted octanol–water partition coefficient (Wildman–Crippen LogP) is 1.75. The van der Waals surface area contributed by atoms with Crippen LogP contribution >= 0.6 is 11.8 Å². The third-order valence-electron chi connectivity index (χ3n) is 2.39. The van der Waals surface area contributed by atoms with Crippen LogP contribution in [0.25, 0.3) is 0 Å². The van der Waals surface area contributed by atoms with Gasteiger partial charge in [0.05, 0.1) is 11.1 Å². The first-order valence-corrected chi connectivity index (χ1v) is 6.60. The van der Waals surface area contributed by atoms with Gasteiger partial charge < -0.3 is 9.47 Å². The molecule has 4 nitrogen and oxygen atoms in total. The molecule has 1 fully saturated rings. The number of hydrogen-bond donors (Lipinski definition) is 0. The molecule has 2 heterocycles. The number of thioether (sulfide) groups is 1. The minimum absolute atomic E-state index is 0.0293. The lowest BCUT2D eigenvalue weighted by Crippen LogP contribution is -2.37. The zero-order valence-electron chi connectivity index (χ0n) is 9.93. The van der Waals surface area contributed by atoms with Crippen LogP contribution in [-0.4, -0.2) is 35.2 Å². The van der Waals surface area contributed by atoms with E-state index in [2.05, 4.69) is 24.8 Å². The average molecular weight is 253 g/mol. The molecule has 0 amide bonds. The summed E-state index contributed by atoms with van der Waals surface area (Å²) in [5.41, 5.74) is -0.0293. The van der Waals surface area contributed by atoms with Gasteiger partial charge in [-0.3, -0.25) is 9.79 Å². The van der Waals surface area contributed by atoms with E-state index >= 15 is 0 Å². The Hall–Kier alpha value is -0.550. The Balaban J connectivity index is 1.80. The summed E-state index contributed by atoms with van der Waals surface area (Å²) in [7, 11) is 0. The van der Waals surface area contributed by atoms with E-state index in [0.717, 1.165) is 17.9 Å². The standard InChI is InChI=1S/C12H15NO3S/c1-3-4-11-13-10-6-5-9(7-15-8(2)14)16-12(10)17-11/h9-10,12H,3-4,7H2,1-2H3/t9-,10-,12-/m1/s1. The number of hydrogen-bond acceptors (Lipinski definition) is 5. The maximum Gasteiger partial charge on any atom is 0.302 e. The fraction of sp³-hybridized carbons (Fsp3) is 0.667. The van der Waals surface area contributed by atoms with Crippen molar-refractivity contribution in [3.8, 4) is 0 Å². The smallest absolute Gasteiger partial charge is 0.302 e. The van der Waals surface area contributed by atoms with Gasteiger partial charge in [-0.05, 0) is 6.42 Å². The number of esters is 1. The molecule has 1 saturated heterocycles. The van der Waals surface area contributed by atoms with E-state index in [1.54, 1.807) is 11.8 Å². The minimum Gasteiger partial charge on any atom is -0.463 e. The molecule has 0 spiro atoms. The highest BCUT2D eigenvalue weighted by Crippen LogP contribution is 2.36. The van der Waals surface area contributed by atoms with Crippen molar-refractivity contribution in [1.29, 1.82) is 0 Å². The second-order valence-electron chi connectivity index (χ2n) is 3.92. The van der Waals surface area contributed by atoms with Crippen molar-refractivity contribution in [1.82, 2.24) is 0 Å². The van der Waals surface area contributed by atoms with E-state index in [1.807, 2.05) is 0 Å². The summed E-state index contributed by atoms with van der Waals surface area (Å²) >= 11 is 1.64. The first-order chi connectivity index (χ1) is 8.19. The van der Waals surface area contributed by atoms with Crippen LogP contribution in [-0.2, 0) is 14.3 Å². The molecule has 3 atom stereocenters. The third kappa shape index (κ3) is 3.45. The molecule has 2 aliphatic heterocycles. The molecular formula is C12H15NO3S. The summed E-state index contributed by atoms with van der Waals surface area (Å²) < 4.78 is 10.6. The zero-order valence-corrected chi connectivity index (χ0v) is 10.8. The van der Waals surface area contributed by atoms with Crippen LogP contribution in [0.4, 0.5) is 0 Å². The zero-order chi connectivity index (χ0) is 12.3. The lowest BCUT2D eigenvalue weighted by atomic mass is 10.1. The Kier molecular flexibility index (Phi) is 4.45. The molecule has 0 saturated carbocycles. The molecule has 0 unspecified atom stereocenters. The Morgan fingerprint density at radius 2 is 2.41 bits per heavy atom. The minimum atomic E-state index is -0.316. The Morgan fingerprint density at radius 1 is 1.59 bits per heavy atom. The maximum absolute atomic E-state index is 10.7. The second kappa shape index (κ2) is 5.87. The first-order valence-electron chi connectivity index (χ1n) is 5.72. The number of rotatable bonds is 4. The molecule has 92 valence electrons. The maximum atomic E-state index is 10.7. The Morgan fingerprint density at radius 3 is 3.12 bits per heavy atom. The molecule has 0 aromatic carbocycles. The molecule has 2 rings (SSSR count). The summed E-state index contributed by atoms with van der Waals surface area (Å²) in [5.74, 6) is -0.306. The highest BCUT2D eigenvalue weighted by atomic mass is 32.2. The third-order valence-corrected chi connectivity index (χ3v) is 3.57. The van der Waals surface area contributed by atoms with Gasteiger partial charge in [-0.2, -0.15) is 0 Å². The number of carbonyl (C=O) groups excluding carboxylic acids is 1. The second-order valence-corrected chi connectivity index (χ2v) is 5.09. The van der Waals surface area contributed by atoms with Crippen LogP contribution in [0.3, 0.4) is 0 Å². The topological polar surface area (TPSA) is 47.9 Å². The van der Waals surface area contributed by atoms with E-state index < -0.39 is 0 Å². The fourth-order valence-corrected chi connectivity index (χ4v) is 2.85. The summed E-state index contributed by atoms with van der Waals surface area (Å²) in [4.78, 5) is 15.2. The lowest BCUT2D eigenvalue weighted by molar-refractivity contribution is -0.145. The van der Waals surface area contributed by atoms with Gasteiger partial charge in [-0.25, -0.2) is 0 Å². The average Bonchev–Trinajstić information content (AvgIpc) is 2.68. The number of carbonyl (C=O) groups is 1. The summed E-state index contributed by atoms with van der Waals surface area (Å²) in [6.45, 7) is 3.71.